The fourth-order valence-electron chi connectivity index (χ4n) is 1.75. The van der Waals surface area contributed by atoms with Crippen molar-refractivity contribution in [2.45, 2.75) is 6.42 Å². The van der Waals surface area contributed by atoms with Gasteiger partial charge in [0.25, 0.3) is 0 Å². The standard InChI is InChI=1S/C12H17NO3/c1-14-10-3-2-4-11(12(10)13)16-8-9-5-6-15-7-9/h2-4,9H,5-8,13H2,1H3. The molecule has 0 radical (unpaired) electrons. The second-order valence-electron chi connectivity index (χ2n) is 3.91. The molecule has 16 heavy (non-hydrogen) atoms. The van der Waals surface area contributed by atoms with E-state index in [1.165, 1.54) is 0 Å². The van der Waals surface area contributed by atoms with Crippen molar-refractivity contribution in [1.82, 2.24) is 0 Å². The number of methoxy groups -OCH3 is 1. The fourth-order valence-corrected chi connectivity index (χ4v) is 1.75. The minimum atomic E-state index is 0.477. The van der Waals surface area contributed by atoms with Crippen molar-refractivity contribution >= 4 is 5.69 Å². The Labute approximate surface area is 95.3 Å². The lowest BCUT2D eigenvalue weighted by Crippen LogP contribution is -2.12. The Balaban J connectivity index is 1.97. The molecule has 1 unspecified atom stereocenters. The quantitative estimate of drug-likeness (QED) is 0.789. The van der Waals surface area contributed by atoms with Crippen LogP contribution in [-0.4, -0.2) is 26.9 Å². The van der Waals surface area contributed by atoms with Crippen LogP contribution in [0.25, 0.3) is 0 Å². The Bertz CT molecular complexity index is 348. The van der Waals surface area contributed by atoms with Gasteiger partial charge in [0.05, 0.1) is 20.3 Å². The van der Waals surface area contributed by atoms with E-state index in [0.717, 1.165) is 19.6 Å². The normalized spacial score (nSPS) is 19.7. The summed E-state index contributed by atoms with van der Waals surface area (Å²) in [5.41, 5.74) is 6.46. The van der Waals surface area contributed by atoms with E-state index in [2.05, 4.69) is 0 Å². The lowest BCUT2D eigenvalue weighted by atomic mass is 10.1. The lowest BCUT2D eigenvalue weighted by Gasteiger charge is -2.13. The van der Waals surface area contributed by atoms with Gasteiger partial charge in [0, 0.05) is 12.5 Å². The van der Waals surface area contributed by atoms with Crippen molar-refractivity contribution < 1.29 is 14.2 Å². The number of nitrogen functional groups attached to an aromatic ring is 1. The highest BCUT2D eigenvalue weighted by molar-refractivity contribution is 5.62. The van der Waals surface area contributed by atoms with Crippen LogP contribution in [0.1, 0.15) is 6.42 Å². The summed E-state index contributed by atoms with van der Waals surface area (Å²) >= 11 is 0. The van der Waals surface area contributed by atoms with Crippen LogP contribution < -0.4 is 15.2 Å². The first-order chi connectivity index (χ1) is 7.81. The maximum Gasteiger partial charge on any atom is 0.146 e. The highest BCUT2D eigenvalue weighted by Crippen LogP contribution is 2.31. The Morgan fingerprint density at radius 2 is 2.25 bits per heavy atom. The van der Waals surface area contributed by atoms with Crippen LogP contribution in [0.3, 0.4) is 0 Å². The van der Waals surface area contributed by atoms with E-state index >= 15 is 0 Å². The summed E-state index contributed by atoms with van der Waals surface area (Å²) in [5, 5.41) is 0. The first kappa shape index (κ1) is 11.1. The Hall–Kier alpha value is -1.42. The summed E-state index contributed by atoms with van der Waals surface area (Å²) in [6.45, 7) is 2.27. The van der Waals surface area contributed by atoms with Crippen LogP contribution in [0.5, 0.6) is 11.5 Å². The van der Waals surface area contributed by atoms with Gasteiger partial charge in [0.1, 0.15) is 17.2 Å². The highest BCUT2D eigenvalue weighted by atomic mass is 16.5. The van der Waals surface area contributed by atoms with E-state index in [1.54, 1.807) is 7.11 Å². The summed E-state index contributed by atoms with van der Waals surface area (Å²) in [7, 11) is 1.60. The van der Waals surface area contributed by atoms with E-state index in [0.29, 0.717) is 29.7 Å². The third-order valence-electron chi connectivity index (χ3n) is 2.74. The molecule has 0 bridgehead atoms. The van der Waals surface area contributed by atoms with Crippen LogP contribution in [0.2, 0.25) is 0 Å². The molecule has 88 valence electrons. The van der Waals surface area contributed by atoms with Gasteiger partial charge in [0.2, 0.25) is 0 Å². The largest absolute Gasteiger partial charge is 0.494 e. The summed E-state index contributed by atoms with van der Waals surface area (Å²) in [5.74, 6) is 1.82. The van der Waals surface area contributed by atoms with E-state index < -0.39 is 0 Å². The van der Waals surface area contributed by atoms with Crippen LogP contribution in [-0.2, 0) is 4.74 Å². The van der Waals surface area contributed by atoms with E-state index in [4.69, 9.17) is 19.9 Å². The first-order valence-corrected chi connectivity index (χ1v) is 5.44. The molecule has 1 fully saturated rings. The van der Waals surface area contributed by atoms with Crippen LogP contribution >= 0.6 is 0 Å². The molecule has 1 aliphatic heterocycles. The topological polar surface area (TPSA) is 53.7 Å². The Morgan fingerprint density at radius 3 is 2.94 bits per heavy atom. The zero-order valence-corrected chi connectivity index (χ0v) is 9.44. The van der Waals surface area contributed by atoms with Gasteiger partial charge in [-0.3, -0.25) is 0 Å². The number of ether oxygens (including phenoxy) is 3. The fraction of sp³-hybridized carbons (Fsp3) is 0.500. The molecule has 1 atom stereocenters. The van der Waals surface area contributed by atoms with Gasteiger partial charge in [-0.05, 0) is 18.6 Å². The SMILES string of the molecule is COc1cccc(OCC2CCOC2)c1N. The number of benzene rings is 1. The molecular weight excluding hydrogens is 206 g/mol. The zero-order valence-electron chi connectivity index (χ0n) is 9.44. The van der Waals surface area contributed by atoms with Crippen molar-refractivity contribution in [2.75, 3.05) is 32.7 Å². The molecule has 0 amide bonds. The monoisotopic (exact) mass is 223 g/mol. The van der Waals surface area contributed by atoms with Gasteiger partial charge in [0.15, 0.2) is 0 Å². The number of anilines is 1. The van der Waals surface area contributed by atoms with Gasteiger partial charge in [-0.25, -0.2) is 0 Å². The number of hydrogen-bond donors (Lipinski definition) is 1. The second-order valence-corrected chi connectivity index (χ2v) is 3.91. The lowest BCUT2D eigenvalue weighted by molar-refractivity contribution is 0.167. The molecule has 1 aliphatic rings. The van der Waals surface area contributed by atoms with Crippen molar-refractivity contribution in [3.8, 4) is 11.5 Å². The van der Waals surface area contributed by atoms with Crippen molar-refractivity contribution in [1.29, 1.82) is 0 Å². The number of nitrogens with two attached hydrogens (primary N) is 1. The third kappa shape index (κ3) is 2.39. The van der Waals surface area contributed by atoms with Crippen molar-refractivity contribution in [3.05, 3.63) is 18.2 Å². The number of hydrogen-bond acceptors (Lipinski definition) is 4. The molecule has 0 saturated carbocycles. The number of rotatable bonds is 4. The molecule has 0 aromatic heterocycles. The van der Waals surface area contributed by atoms with Gasteiger partial charge in [-0.15, -0.1) is 0 Å². The molecule has 1 heterocycles. The van der Waals surface area contributed by atoms with Crippen molar-refractivity contribution in [3.63, 3.8) is 0 Å². The number of para-hydroxylation sites is 1. The smallest absolute Gasteiger partial charge is 0.146 e. The zero-order chi connectivity index (χ0) is 11.4. The molecule has 1 aromatic carbocycles. The van der Waals surface area contributed by atoms with Crippen molar-refractivity contribution in [2.24, 2.45) is 5.92 Å². The molecule has 0 spiro atoms. The second kappa shape index (κ2) is 5.07. The molecule has 4 nitrogen and oxygen atoms in total. The Kier molecular flexibility index (Phi) is 3.51. The molecule has 0 aliphatic carbocycles. The maximum atomic E-state index is 5.90. The predicted molar refractivity (Wildman–Crippen MR) is 61.8 cm³/mol. The average Bonchev–Trinajstić information content (AvgIpc) is 2.81. The molecule has 2 N–H and O–H groups in total. The minimum absolute atomic E-state index is 0.477. The molecule has 4 heteroatoms. The van der Waals surface area contributed by atoms with Crippen LogP contribution in [0.15, 0.2) is 18.2 Å². The molecule has 1 saturated heterocycles. The average molecular weight is 223 g/mol. The highest BCUT2D eigenvalue weighted by Gasteiger charge is 2.17. The van der Waals surface area contributed by atoms with Gasteiger partial charge in [-0.1, -0.05) is 6.07 Å². The van der Waals surface area contributed by atoms with Crippen LogP contribution in [0.4, 0.5) is 5.69 Å². The van der Waals surface area contributed by atoms with E-state index in [9.17, 15) is 0 Å². The summed E-state index contributed by atoms with van der Waals surface area (Å²) < 4.78 is 16.1. The maximum absolute atomic E-state index is 5.90. The van der Waals surface area contributed by atoms with E-state index in [1.807, 2.05) is 18.2 Å². The third-order valence-corrected chi connectivity index (χ3v) is 2.74. The first-order valence-electron chi connectivity index (χ1n) is 5.44. The molecular formula is C12H17NO3. The molecule has 2 rings (SSSR count). The summed E-state index contributed by atoms with van der Waals surface area (Å²) in [6.07, 6.45) is 1.06. The minimum Gasteiger partial charge on any atom is -0.494 e. The summed E-state index contributed by atoms with van der Waals surface area (Å²) in [6, 6.07) is 5.55. The Morgan fingerprint density at radius 1 is 1.44 bits per heavy atom. The molecule has 1 aromatic rings. The van der Waals surface area contributed by atoms with Gasteiger partial charge in [-0.2, -0.15) is 0 Å². The van der Waals surface area contributed by atoms with E-state index in [-0.39, 0.29) is 0 Å². The van der Waals surface area contributed by atoms with Gasteiger partial charge < -0.3 is 19.9 Å². The summed E-state index contributed by atoms with van der Waals surface area (Å²) in [4.78, 5) is 0. The predicted octanol–water partition coefficient (Wildman–Crippen LogP) is 1.69. The van der Waals surface area contributed by atoms with Crippen LogP contribution in [0, 0.1) is 5.92 Å². The van der Waals surface area contributed by atoms with Gasteiger partial charge >= 0.3 is 0 Å².